The van der Waals surface area contributed by atoms with Crippen LogP contribution in [0.4, 0.5) is 0 Å². The van der Waals surface area contributed by atoms with E-state index in [4.69, 9.17) is 0 Å². The number of hydrogen-bond acceptors (Lipinski definition) is 6. The van der Waals surface area contributed by atoms with E-state index in [1.54, 1.807) is 0 Å². The Bertz CT molecular complexity index is 583. The Morgan fingerprint density at radius 1 is 1.12 bits per heavy atom. The molecule has 1 atom stereocenters. The Morgan fingerprint density at radius 3 is 2.84 bits per heavy atom. The number of nitrogens with one attached hydrogen (secondary N) is 1. The first kappa shape index (κ1) is 16.9. The predicted molar refractivity (Wildman–Crippen MR) is 94.4 cm³/mol. The van der Waals surface area contributed by atoms with Crippen molar-refractivity contribution in [3.05, 3.63) is 11.9 Å². The lowest BCUT2D eigenvalue weighted by molar-refractivity contribution is 0.0737. The lowest BCUT2D eigenvalue weighted by atomic mass is 10.2. The van der Waals surface area contributed by atoms with Gasteiger partial charge in [0.15, 0.2) is 5.69 Å². The average Bonchev–Trinajstić information content (AvgIpc) is 3.25. The molecule has 0 unspecified atom stereocenters. The molecule has 3 aliphatic heterocycles. The minimum absolute atomic E-state index is 0.0437. The van der Waals surface area contributed by atoms with E-state index in [1.165, 1.54) is 19.4 Å². The second-order valence-corrected chi connectivity index (χ2v) is 7.40. The van der Waals surface area contributed by atoms with Crippen LogP contribution in [0.15, 0.2) is 6.20 Å². The van der Waals surface area contributed by atoms with Gasteiger partial charge in [-0.1, -0.05) is 5.21 Å². The third-order valence-electron chi connectivity index (χ3n) is 5.70. The van der Waals surface area contributed by atoms with E-state index in [-0.39, 0.29) is 5.91 Å². The molecule has 8 nitrogen and oxygen atoms in total. The predicted octanol–water partition coefficient (Wildman–Crippen LogP) is -0.506. The second-order valence-electron chi connectivity index (χ2n) is 7.40. The Hall–Kier alpha value is -1.51. The van der Waals surface area contributed by atoms with Crippen molar-refractivity contribution in [2.45, 2.75) is 31.8 Å². The lowest BCUT2D eigenvalue weighted by Crippen LogP contribution is -2.44. The van der Waals surface area contributed by atoms with Crippen LogP contribution in [0.2, 0.25) is 0 Å². The summed E-state index contributed by atoms with van der Waals surface area (Å²) in [4.78, 5) is 19.8. The van der Waals surface area contributed by atoms with Crippen molar-refractivity contribution in [2.75, 3.05) is 58.9 Å². The summed E-state index contributed by atoms with van der Waals surface area (Å²) in [6.45, 7) is 9.98. The van der Waals surface area contributed by atoms with Crippen LogP contribution in [-0.2, 0) is 6.54 Å². The normalized spacial score (nSPS) is 25.8. The van der Waals surface area contributed by atoms with Gasteiger partial charge in [0.1, 0.15) is 0 Å². The Balaban J connectivity index is 1.33. The topological polar surface area (TPSA) is 69.5 Å². The van der Waals surface area contributed by atoms with Gasteiger partial charge in [-0.25, -0.2) is 0 Å². The van der Waals surface area contributed by atoms with Crippen LogP contribution < -0.4 is 5.32 Å². The van der Waals surface area contributed by atoms with Crippen LogP contribution >= 0.6 is 0 Å². The minimum Gasteiger partial charge on any atom is -0.336 e. The number of fused-ring (bicyclic) bond motifs is 1. The van der Waals surface area contributed by atoms with Crippen LogP contribution in [0.3, 0.4) is 0 Å². The molecule has 0 spiro atoms. The first-order valence-corrected chi connectivity index (χ1v) is 9.66. The van der Waals surface area contributed by atoms with E-state index in [1.807, 2.05) is 15.8 Å². The number of carbonyl (C=O) groups excluding carboxylic acids is 1. The Labute approximate surface area is 149 Å². The molecule has 3 aliphatic rings. The summed E-state index contributed by atoms with van der Waals surface area (Å²) in [6, 6.07) is 0.536. The largest absolute Gasteiger partial charge is 0.336 e. The summed E-state index contributed by atoms with van der Waals surface area (Å²) in [5, 5.41) is 11.7. The molecule has 0 aliphatic carbocycles. The third-order valence-corrected chi connectivity index (χ3v) is 5.70. The molecular weight excluding hydrogens is 318 g/mol. The molecule has 1 aromatic heterocycles. The highest BCUT2D eigenvalue weighted by Gasteiger charge is 2.31. The monoisotopic (exact) mass is 347 g/mol. The fourth-order valence-electron chi connectivity index (χ4n) is 4.24. The first-order chi connectivity index (χ1) is 12.3. The van der Waals surface area contributed by atoms with Crippen LogP contribution in [0.5, 0.6) is 0 Å². The zero-order valence-electron chi connectivity index (χ0n) is 14.9. The van der Waals surface area contributed by atoms with E-state index < -0.39 is 0 Å². The second kappa shape index (κ2) is 7.80. The number of hydrogen-bond donors (Lipinski definition) is 1. The smallest absolute Gasteiger partial charge is 0.276 e. The fourth-order valence-corrected chi connectivity index (χ4v) is 4.24. The third kappa shape index (κ3) is 4.02. The van der Waals surface area contributed by atoms with Crippen LogP contribution in [0.25, 0.3) is 0 Å². The molecule has 1 amide bonds. The van der Waals surface area contributed by atoms with Crippen LogP contribution in [0.1, 0.15) is 29.8 Å². The molecule has 138 valence electrons. The Morgan fingerprint density at radius 2 is 1.96 bits per heavy atom. The zero-order valence-corrected chi connectivity index (χ0v) is 14.9. The average molecular weight is 347 g/mol. The molecule has 0 aromatic carbocycles. The summed E-state index contributed by atoms with van der Waals surface area (Å²) in [5.41, 5.74) is 0.492. The van der Waals surface area contributed by atoms with Crippen molar-refractivity contribution < 1.29 is 4.79 Å². The van der Waals surface area contributed by atoms with Crippen molar-refractivity contribution in [1.82, 2.24) is 35.0 Å². The number of nitrogens with zero attached hydrogens (tertiary/aromatic N) is 6. The van der Waals surface area contributed by atoms with E-state index in [0.29, 0.717) is 11.7 Å². The molecule has 0 bridgehead atoms. The van der Waals surface area contributed by atoms with E-state index >= 15 is 0 Å². The van der Waals surface area contributed by atoms with Gasteiger partial charge < -0.3 is 10.2 Å². The molecule has 0 radical (unpaired) electrons. The highest BCUT2D eigenvalue weighted by molar-refractivity contribution is 5.92. The molecule has 3 saturated heterocycles. The van der Waals surface area contributed by atoms with Gasteiger partial charge in [0.2, 0.25) is 0 Å². The fraction of sp³-hybridized carbons (Fsp3) is 0.824. The highest BCUT2D eigenvalue weighted by atomic mass is 16.2. The summed E-state index contributed by atoms with van der Waals surface area (Å²) < 4.78 is 1.81. The van der Waals surface area contributed by atoms with E-state index in [0.717, 1.165) is 65.3 Å². The molecule has 4 heterocycles. The molecule has 3 fully saturated rings. The summed E-state index contributed by atoms with van der Waals surface area (Å²) >= 11 is 0. The molecule has 25 heavy (non-hydrogen) atoms. The van der Waals surface area contributed by atoms with Gasteiger partial charge in [-0.15, -0.1) is 5.10 Å². The van der Waals surface area contributed by atoms with Gasteiger partial charge in [-0.05, 0) is 25.8 Å². The van der Waals surface area contributed by atoms with Crippen molar-refractivity contribution in [2.24, 2.45) is 0 Å². The van der Waals surface area contributed by atoms with Crippen LogP contribution in [-0.4, -0.2) is 101 Å². The van der Waals surface area contributed by atoms with Crippen molar-refractivity contribution in [3.8, 4) is 0 Å². The SMILES string of the molecule is O=C(c1cn(CCN2CCNCC2)nn1)N1CCCN2CCC[C@H]2C1. The van der Waals surface area contributed by atoms with Crippen molar-refractivity contribution in [1.29, 1.82) is 0 Å². The first-order valence-electron chi connectivity index (χ1n) is 9.66. The molecule has 8 heteroatoms. The molecular formula is C17H29N7O. The van der Waals surface area contributed by atoms with Gasteiger partial charge in [0, 0.05) is 58.4 Å². The summed E-state index contributed by atoms with van der Waals surface area (Å²) in [7, 11) is 0. The standard InChI is InChI=1S/C17H29N7O/c25-17(23-8-2-7-22-6-1-3-15(22)13-23)16-14-24(20-19-16)12-11-21-9-4-18-5-10-21/h14-15,18H,1-13H2/t15-/m0/s1. The van der Waals surface area contributed by atoms with E-state index in [2.05, 4.69) is 25.4 Å². The van der Waals surface area contributed by atoms with Gasteiger partial charge in [-0.2, -0.15) is 0 Å². The lowest BCUT2D eigenvalue weighted by Gasteiger charge is -2.26. The van der Waals surface area contributed by atoms with Crippen LogP contribution in [0, 0.1) is 0 Å². The zero-order chi connectivity index (χ0) is 17.1. The summed E-state index contributed by atoms with van der Waals surface area (Å²) in [6.07, 6.45) is 5.34. The van der Waals surface area contributed by atoms with Gasteiger partial charge in [0.25, 0.3) is 5.91 Å². The van der Waals surface area contributed by atoms with Crippen molar-refractivity contribution >= 4 is 5.91 Å². The van der Waals surface area contributed by atoms with Gasteiger partial charge >= 0.3 is 0 Å². The maximum atomic E-state index is 12.8. The molecule has 4 rings (SSSR count). The molecule has 1 N–H and O–H groups in total. The minimum atomic E-state index is 0.0437. The maximum absolute atomic E-state index is 12.8. The highest BCUT2D eigenvalue weighted by Crippen LogP contribution is 2.22. The number of carbonyl (C=O) groups is 1. The quantitative estimate of drug-likeness (QED) is 0.791. The summed E-state index contributed by atoms with van der Waals surface area (Å²) in [5.74, 6) is 0.0437. The van der Waals surface area contributed by atoms with Gasteiger partial charge in [-0.3, -0.25) is 19.3 Å². The molecule has 0 saturated carbocycles. The maximum Gasteiger partial charge on any atom is 0.276 e. The number of amides is 1. The molecule has 1 aromatic rings. The van der Waals surface area contributed by atoms with Crippen molar-refractivity contribution in [3.63, 3.8) is 0 Å². The number of aromatic nitrogens is 3. The number of rotatable bonds is 4. The van der Waals surface area contributed by atoms with Gasteiger partial charge in [0.05, 0.1) is 12.7 Å². The Kier molecular flexibility index (Phi) is 5.28. The number of piperazine rings is 1. The van der Waals surface area contributed by atoms with E-state index in [9.17, 15) is 4.79 Å².